The molecule has 9 atom stereocenters. The van der Waals surface area contributed by atoms with Gasteiger partial charge in [0.1, 0.15) is 0 Å². The van der Waals surface area contributed by atoms with Gasteiger partial charge in [0.05, 0.1) is 34.9 Å². The van der Waals surface area contributed by atoms with Gasteiger partial charge in [-0.3, -0.25) is 4.79 Å². The predicted octanol–water partition coefficient (Wildman–Crippen LogP) is 5.31. The zero-order valence-corrected chi connectivity index (χ0v) is 22.6. The van der Waals surface area contributed by atoms with Crippen LogP contribution < -0.4 is 0 Å². The van der Waals surface area contributed by atoms with Crippen molar-refractivity contribution in [2.75, 3.05) is 0 Å². The number of aliphatic hydroxyl groups is 3. The van der Waals surface area contributed by atoms with Gasteiger partial charge in [0, 0.05) is 0 Å². The molecule has 0 bridgehead atoms. The van der Waals surface area contributed by atoms with Crippen molar-refractivity contribution in [3.8, 4) is 0 Å². The molecule has 0 aromatic carbocycles. The summed E-state index contributed by atoms with van der Waals surface area (Å²) in [6.45, 7) is 12.0. The van der Waals surface area contributed by atoms with Crippen LogP contribution in [0, 0.1) is 23.7 Å². The van der Waals surface area contributed by atoms with Crippen LogP contribution in [-0.4, -0.2) is 55.4 Å². The lowest BCUT2D eigenvalue weighted by atomic mass is 9.67. The third kappa shape index (κ3) is 8.76. The fourth-order valence-corrected chi connectivity index (χ4v) is 6.14. The molecule has 200 valence electrons. The molecule has 0 spiro atoms. The van der Waals surface area contributed by atoms with Crippen LogP contribution >= 0.6 is 0 Å². The second kappa shape index (κ2) is 12.0. The Balaban J connectivity index is 1.71. The van der Waals surface area contributed by atoms with E-state index in [-0.39, 0.29) is 29.6 Å². The number of rotatable bonds is 13. The van der Waals surface area contributed by atoms with Gasteiger partial charge in [-0.15, -0.1) is 0 Å². The maximum Gasteiger partial charge on any atom is 0.306 e. The van der Waals surface area contributed by atoms with Gasteiger partial charge in [-0.2, -0.15) is 0 Å². The lowest BCUT2D eigenvalue weighted by Gasteiger charge is -2.51. The summed E-state index contributed by atoms with van der Waals surface area (Å²) >= 11 is 0. The summed E-state index contributed by atoms with van der Waals surface area (Å²) in [4.78, 5) is 10.9. The monoisotopic (exact) mass is 484 g/mol. The SMILES string of the molecule is CC(CCCC(C)(O)CCCC(C)(O)CCCC1(C)CCC2CC(O)C(C)C(C)C2O1)C(=O)O. The number of fused-ring (bicyclic) bond motifs is 1. The second-order valence-corrected chi connectivity index (χ2v) is 12.7. The maximum absolute atomic E-state index is 10.9. The molecule has 1 saturated carbocycles. The summed E-state index contributed by atoms with van der Waals surface area (Å²) in [5, 5.41) is 40.9. The van der Waals surface area contributed by atoms with E-state index in [0.29, 0.717) is 50.4 Å². The highest BCUT2D eigenvalue weighted by Gasteiger charge is 2.47. The van der Waals surface area contributed by atoms with E-state index < -0.39 is 17.2 Å². The Labute approximate surface area is 207 Å². The zero-order valence-electron chi connectivity index (χ0n) is 22.6. The van der Waals surface area contributed by atoms with Crippen LogP contribution in [-0.2, 0) is 9.53 Å². The lowest BCUT2D eigenvalue weighted by molar-refractivity contribution is -0.200. The highest BCUT2D eigenvalue weighted by molar-refractivity contribution is 5.69. The van der Waals surface area contributed by atoms with E-state index in [0.717, 1.165) is 38.5 Å². The van der Waals surface area contributed by atoms with Crippen molar-refractivity contribution in [1.29, 1.82) is 0 Å². The van der Waals surface area contributed by atoms with Crippen molar-refractivity contribution in [2.45, 2.75) is 148 Å². The molecule has 1 heterocycles. The van der Waals surface area contributed by atoms with Gasteiger partial charge in [0.2, 0.25) is 0 Å². The molecule has 4 N–H and O–H groups in total. The van der Waals surface area contributed by atoms with Crippen molar-refractivity contribution in [3.05, 3.63) is 0 Å². The summed E-state index contributed by atoms with van der Waals surface area (Å²) in [7, 11) is 0. The third-order valence-electron chi connectivity index (χ3n) is 9.05. The number of hydrogen-bond acceptors (Lipinski definition) is 5. The van der Waals surface area contributed by atoms with Crippen molar-refractivity contribution in [1.82, 2.24) is 0 Å². The van der Waals surface area contributed by atoms with E-state index in [1.165, 1.54) is 0 Å². The van der Waals surface area contributed by atoms with E-state index in [1.54, 1.807) is 6.92 Å². The molecule has 0 aromatic rings. The summed E-state index contributed by atoms with van der Waals surface area (Å²) in [6.07, 6.45) is 9.34. The lowest BCUT2D eigenvalue weighted by Crippen LogP contribution is -2.52. The average Bonchev–Trinajstić information content (AvgIpc) is 2.72. The topological polar surface area (TPSA) is 107 Å². The number of aliphatic carboxylic acids is 1. The number of hydrogen-bond donors (Lipinski definition) is 4. The Hall–Kier alpha value is -0.690. The van der Waals surface area contributed by atoms with Gasteiger partial charge in [-0.05, 0) is 116 Å². The first-order chi connectivity index (χ1) is 15.6. The molecule has 1 aliphatic heterocycles. The van der Waals surface area contributed by atoms with E-state index in [2.05, 4.69) is 20.8 Å². The van der Waals surface area contributed by atoms with Gasteiger partial charge < -0.3 is 25.2 Å². The molecule has 6 nitrogen and oxygen atoms in total. The average molecular weight is 485 g/mol. The van der Waals surface area contributed by atoms with Gasteiger partial charge in [0.15, 0.2) is 0 Å². The third-order valence-corrected chi connectivity index (χ3v) is 9.05. The van der Waals surface area contributed by atoms with Gasteiger partial charge >= 0.3 is 5.97 Å². The Morgan fingerprint density at radius 1 is 1.03 bits per heavy atom. The molecule has 2 rings (SSSR count). The Morgan fingerprint density at radius 2 is 1.59 bits per heavy atom. The number of ether oxygens (including phenoxy) is 1. The van der Waals surface area contributed by atoms with Crippen molar-refractivity contribution in [2.24, 2.45) is 23.7 Å². The van der Waals surface area contributed by atoms with Crippen LogP contribution in [0.25, 0.3) is 0 Å². The predicted molar refractivity (Wildman–Crippen MR) is 135 cm³/mol. The van der Waals surface area contributed by atoms with Gasteiger partial charge in [0.25, 0.3) is 0 Å². The van der Waals surface area contributed by atoms with Crippen LogP contribution in [0.15, 0.2) is 0 Å². The number of carboxylic acids is 1. The van der Waals surface area contributed by atoms with Crippen LogP contribution in [0.2, 0.25) is 0 Å². The van der Waals surface area contributed by atoms with E-state index in [9.17, 15) is 20.1 Å². The van der Waals surface area contributed by atoms with Crippen LogP contribution in [0.3, 0.4) is 0 Å². The van der Waals surface area contributed by atoms with Crippen LogP contribution in [0.5, 0.6) is 0 Å². The van der Waals surface area contributed by atoms with E-state index in [1.807, 2.05) is 13.8 Å². The first-order valence-electron chi connectivity index (χ1n) is 13.7. The molecular weight excluding hydrogens is 432 g/mol. The smallest absolute Gasteiger partial charge is 0.306 e. The molecule has 2 aliphatic rings. The molecular formula is C28H52O6. The summed E-state index contributed by atoms with van der Waals surface area (Å²) in [5.41, 5.74) is -1.75. The molecule has 6 heteroatoms. The number of carbonyl (C=O) groups is 1. The fourth-order valence-electron chi connectivity index (χ4n) is 6.14. The van der Waals surface area contributed by atoms with Crippen LogP contribution in [0.1, 0.15) is 119 Å². The Morgan fingerprint density at radius 3 is 2.18 bits per heavy atom. The standard InChI is InChI=1S/C28H52O6/c1-19(25(30)31)10-7-12-26(4,32)13-8-14-27(5,33)15-9-16-28(6)17-11-22-18-23(29)20(2)21(3)24(22)34-28/h19-24,29,32-33H,7-18H2,1-6H3,(H,30,31). The molecule has 2 fully saturated rings. The molecule has 0 radical (unpaired) electrons. The first-order valence-corrected chi connectivity index (χ1v) is 13.7. The Bertz CT molecular complexity index is 645. The van der Waals surface area contributed by atoms with Gasteiger partial charge in [-0.25, -0.2) is 0 Å². The van der Waals surface area contributed by atoms with Crippen molar-refractivity contribution in [3.63, 3.8) is 0 Å². The normalized spacial score (nSPS) is 36.2. The second-order valence-electron chi connectivity index (χ2n) is 12.7. The minimum Gasteiger partial charge on any atom is -0.481 e. The van der Waals surface area contributed by atoms with E-state index >= 15 is 0 Å². The molecule has 1 saturated heterocycles. The number of carboxylic acid groups (broad SMARTS) is 1. The molecule has 0 amide bonds. The number of aliphatic hydroxyl groups excluding tert-OH is 1. The quantitative estimate of drug-likeness (QED) is 0.282. The van der Waals surface area contributed by atoms with Crippen molar-refractivity contribution >= 4 is 5.97 Å². The largest absolute Gasteiger partial charge is 0.481 e. The first kappa shape index (κ1) is 29.5. The van der Waals surface area contributed by atoms with Crippen LogP contribution in [0.4, 0.5) is 0 Å². The molecule has 9 unspecified atom stereocenters. The molecule has 34 heavy (non-hydrogen) atoms. The van der Waals surface area contributed by atoms with Crippen molar-refractivity contribution < 1.29 is 30.0 Å². The maximum atomic E-state index is 10.9. The summed E-state index contributed by atoms with van der Waals surface area (Å²) in [5.74, 6) is -0.0883. The van der Waals surface area contributed by atoms with Gasteiger partial charge in [-0.1, -0.05) is 20.8 Å². The van der Waals surface area contributed by atoms with E-state index in [4.69, 9.17) is 9.84 Å². The summed E-state index contributed by atoms with van der Waals surface area (Å²) < 4.78 is 6.66. The highest BCUT2D eigenvalue weighted by Crippen LogP contribution is 2.46. The fraction of sp³-hybridized carbons (Fsp3) is 0.964. The highest BCUT2D eigenvalue weighted by atomic mass is 16.5. The Kier molecular flexibility index (Phi) is 10.5. The minimum absolute atomic E-state index is 0.162. The zero-order chi connectivity index (χ0) is 25.7. The minimum atomic E-state index is -0.824. The molecule has 0 aromatic heterocycles. The summed E-state index contributed by atoms with van der Waals surface area (Å²) in [6, 6.07) is 0. The molecule has 1 aliphatic carbocycles.